The second kappa shape index (κ2) is 5.27. The molecule has 0 fully saturated rings. The predicted octanol–water partition coefficient (Wildman–Crippen LogP) is 2.01. The van der Waals surface area contributed by atoms with Gasteiger partial charge in [0.1, 0.15) is 5.75 Å². The van der Waals surface area contributed by atoms with Crippen LogP contribution in [-0.2, 0) is 0 Å². The molecule has 1 atom stereocenters. The number of benzene rings is 1. The molecule has 5 heteroatoms. The number of nitrogens with one attached hydrogen (secondary N) is 1. The summed E-state index contributed by atoms with van der Waals surface area (Å²) in [6, 6.07) is 7.76. The lowest BCUT2D eigenvalue weighted by atomic mass is 10.0. The zero-order valence-electron chi connectivity index (χ0n) is 9.81. The molecule has 0 radical (unpaired) electrons. The number of nitrogens with two attached hydrogens (primary N) is 1. The highest BCUT2D eigenvalue weighted by Crippen LogP contribution is 2.32. The standard InChI is InChI=1S/C12H15N3OS/c1-8-12(17-7-14-8)11(15-13)9-5-3-4-6-10(9)16-2/h3-7,11,15H,13H2,1-2H3. The smallest absolute Gasteiger partial charge is 0.124 e. The van der Waals surface area contributed by atoms with Crippen LogP contribution in [0.2, 0.25) is 0 Å². The van der Waals surface area contributed by atoms with Crippen LogP contribution in [0.15, 0.2) is 29.8 Å². The quantitative estimate of drug-likeness (QED) is 0.643. The number of methoxy groups -OCH3 is 1. The van der Waals surface area contributed by atoms with E-state index in [9.17, 15) is 0 Å². The summed E-state index contributed by atoms with van der Waals surface area (Å²) in [4.78, 5) is 5.36. The summed E-state index contributed by atoms with van der Waals surface area (Å²) < 4.78 is 5.35. The van der Waals surface area contributed by atoms with Crippen molar-refractivity contribution in [2.75, 3.05) is 7.11 Å². The molecule has 90 valence electrons. The zero-order chi connectivity index (χ0) is 12.3. The summed E-state index contributed by atoms with van der Waals surface area (Å²) >= 11 is 1.59. The minimum Gasteiger partial charge on any atom is -0.496 e. The van der Waals surface area contributed by atoms with Gasteiger partial charge in [-0.2, -0.15) is 0 Å². The van der Waals surface area contributed by atoms with Crippen LogP contribution in [0.4, 0.5) is 0 Å². The van der Waals surface area contributed by atoms with E-state index in [1.807, 2.05) is 36.7 Å². The number of hydrogen-bond acceptors (Lipinski definition) is 5. The van der Waals surface area contributed by atoms with Crippen molar-refractivity contribution < 1.29 is 4.74 Å². The number of thiazole rings is 1. The summed E-state index contributed by atoms with van der Waals surface area (Å²) in [6.07, 6.45) is 0. The number of hydrazine groups is 1. The average Bonchev–Trinajstić information content (AvgIpc) is 2.78. The molecule has 0 bridgehead atoms. The first-order valence-corrected chi connectivity index (χ1v) is 6.15. The second-order valence-electron chi connectivity index (χ2n) is 3.64. The molecular weight excluding hydrogens is 234 g/mol. The van der Waals surface area contributed by atoms with Gasteiger partial charge in [-0.1, -0.05) is 18.2 Å². The van der Waals surface area contributed by atoms with Crippen LogP contribution in [0, 0.1) is 6.92 Å². The average molecular weight is 249 g/mol. The van der Waals surface area contributed by atoms with E-state index in [0.29, 0.717) is 0 Å². The highest BCUT2D eigenvalue weighted by molar-refractivity contribution is 7.09. The molecule has 2 rings (SSSR count). The third-order valence-electron chi connectivity index (χ3n) is 2.66. The topological polar surface area (TPSA) is 60.2 Å². The van der Waals surface area contributed by atoms with Gasteiger partial charge in [-0.25, -0.2) is 10.4 Å². The fourth-order valence-corrected chi connectivity index (χ4v) is 2.68. The lowest BCUT2D eigenvalue weighted by Crippen LogP contribution is -2.29. The largest absolute Gasteiger partial charge is 0.496 e. The normalized spacial score (nSPS) is 12.4. The third kappa shape index (κ3) is 2.31. The van der Waals surface area contributed by atoms with E-state index in [0.717, 1.165) is 21.9 Å². The molecule has 17 heavy (non-hydrogen) atoms. The number of aromatic nitrogens is 1. The highest BCUT2D eigenvalue weighted by Gasteiger charge is 2.19. The van der Waals surface area contributed by atoms with Gasteiger partial charge in [0.25, 0.3) is 0 Å². The minimum atomic E-state index is -0.0846. The highest BCUT2D eigenvalue weighted by atomic mass is 32.1. The molecule has 2 aromatic rings. The molecule has 1 unspecified atom stereocenters. The number of rotatable bonds is 4. The molecule has 0 aliphatic carbocycles. The zero-order valence-corrected chi connectivity index (χ0v) is 10.6. The van der Waals surface area contributed by atoms with Gasteiger partial charge < -0.3 is 4.74 Å². The lowest BCUT2D eigenvalue weighted by Gasteiger charge is -2.18. The molecular formula is C12H15N3OS. The first kappa shape index (κ1) is 12.0. The number of para-hydroxylation sites is 1. The fourth-order valence-electron chi connectivity index (χ4n) is 1.80. The van der Waals surface area contributed by atoms with Gasteiger partial charge in [-0.3, -0.25) is 5.84 Å². The van der Waals surface area contributed by atoms with E-state index in [2.05, 4.69) is 10.4 Å². The second-order valence-corrected chi connectivity index (χ2v) is 4.53. The molecule has 0 aliphatic heterocycles. The van der Waals surface area contributed by atoms with Gasteiger partial charge in [0, 0.05) is 5.56 Å². The van der Waals surface area contributed by atoms with Crippen molar-refractivity contribution in [3.8, 4) is 5.75 Å². The Kier molecular flexibility index (Phi) is 3.73. The van der Waals surface area contributed by atoms with Crippen LogP contribution < -0.4 is 16.0 Å². The molecule has 0 spiro atoms. The molecule has 1 aromatic carbocycles. The van der Waals surface area contributed by atoms with E-state index in [4.69, 9.17) is 10.6 Å². The molecule has 4 nitrogen and oxygen atoms in total. The summed E-state index contributed by atoms with van der Waals surface area (Å²) in [7, 11) is 1.66. The van der Waals surface area contributed by atoms with Gasteiger partial charge in [-0.15, -0.1) is 11.3 Å². The lowest BCUT2D eigenvalue weighted by molar-refractivity contribution is 0.404. The summed E-state index contributed by atoms with van der Waals surface area (Å²) in [5, 5.41) is 0. The van der Waals surface area contributed by atoms with E-state index >= 15 is 0 Å². The van der Waals surface area contributed by atoms with Crippen LogP contribution in [0.3, 0.4) is 0 Å². The Morgan fingerprint density at radius 3 is 2.76 bits per heavy atom. The maximum absolute atomic E-state index is 5.66. The number of ether oxygens (including phenoxy) is 1. The first-order valence-electron chi connectivity index (χ1n) is 5.27. The number of hydrogen-bond donors (Lipinski definition) is 2. The molecule has 1 heterocycles. The Bertz CT molecular complexity index is 498. The predicted molar refractivity (Wildman–Crippen MR) is 69.0 cm³/mol. The van der Waals surface area contributed by atoms with E-state index in [1.54, 1.807) is 18.4 Å². The van der Waals surface area contributed by atoms with Crippen LogP contribution in [0.1, 0.15) is 22.2 Å². The van der Waals surface area contributed by atoms with Crippen molar-refractivity contribution in [1.82, 2.24) is 10.4 Å². The Labute approximate surface area is 104 Å². The fraction of sp³-hybridized carbons (Fsp3) is 0.250. The molecule has 0 amide bonds. The van der Waals surface area contributed by atoms with Gasteiger partial charge in [0.2, 0.25) is 0 Å². The molecule has 0 saturated carbocycles. The Hall–Kier alpha value is -1.43. The Balaban J connectivity index is 2.46. The minimum absolute atomic E-state index is 0.0846. The summed E-state index contributed by atoms with van der Waals surface area (Å²) in [6.45, 7) is 1.98. The summed E-state index contributed by atoms with van der Waals surface area (Å²) in [5.41, 5.74) is 6.66. The van der Waals surface area contributed by atoms with Crippen LogP contribution in [-0.4, -0.2) is 12.1 Å². The molecule has 1 aromatic heterocycles. The van der Waals surface area contributed by atoms with Gasteiger partial charge in [0.05, 0.1) is 29.2 Å². The first-order chi connectivity index (χ1) is 8.27. The molecule has 0 saturated heterocycles. The van der Waals surface area contributed by atoms with Crippen LogP contribution in [0.5, 0.6) is 5.75 Å². The Morgan fingerprint density at radius 1 is 1.41 bits per heavy atom. The number of nitrogens with zero attached hydrogens (tertiary/aromatic N) is 1. The van der Waals surface area contributed by atoms with E-state index < -0.39 is 0 Å². The van der Waals surface area contributed by atoms with Crippen molar-refractivity contribution in [2.45, 2.75) is 13.0 Å². The maximum atomic E-state index is 5.66. The Morgan fingerprint density at radius 2 is 2.18 bits per heavy atom. The van der Waals surface area contributed by atoms with Crippen LogP contribution in [0.25, 0.3) is 0 Å². The van der Waals surface area contributed by atoms with E-state index in [1.165, 1.54) is 0 Å². The van der Waals surface area contributed by atoms with Crippen molar-refractivity contribution in [3.05, 3.63) is 45.9 Å². The van der Waals surface area contributed by atoms with Gasteiger partial charge >= 0.3 is 0 Å². The maximum Gasteiger partial charge on any atom is 0.124 e. The molecule has 3 N–H and O–H groups in total. The van der Waals surface area contributed by atoms with Crippen molar-refractivity contribution in [2.24, 2.45) is 5.84 Å². The number of aryl methyl sites for hydroxylation is 1. The van der Waals surface area contributed by atoms with Gasteiger partial charge in [0.15, 0.2) is 0 Å². The van der Waals surface area contributed by atoms with Crippen molar-refractivity contribution >= 4 is 11.3 Å². The third-order valence-corrected chi connectivity index (χ3v) is 3.66. The summed E-state index contributed by atoms with van der Waals surface area (Å²) in [5.74, 6) is 6.48. The molecule has 0 aliphatic rings. The van der Waals surface area contributed by atoms with Crippen molar-refractivity contribution in [3.63, 3.8) is 0 Å². The monoisotopic (exact) mass is 249 g/mol. The van der Waals surface area contributed by atoms with E-state index in [-0.39, 0.29) is 6.04 Å². The van der Waals surface area contributed by atoms with Crippen molar-refractivity contribution in [1.29, 1.82) is 0 Å². The van der Waals surface area contributed by atoms with Crippen LogP contribution >= 0.6 is 11.3 Å². The van der Waals surface area contributed by atoms with Gasteiger partial charge in [-0.05, 0) is 13.0 Å². The SMILES string of the molecule is COc1ccccc1C(NN)c1scnc1C.